The first-order valence-corrected chi connectivity index (χ1v) is 7.82. The number of fused-ring (bicyclic) bond motifs is 1. The third-order valence-corrected chi connectivity index (χ3v) is 4.77. The van der Waals surface area contributed by atoms with Gasteiger partial charge in [-0.05, 0) is 38.0 Å². The van der Waals surface area contributed by atoms with Crippen LogP contribution in [0.2, 0.25) is 0 Å². The van der Waals surface area contributed by atoms with E-state index in [1.165, 1.54) is 0 Å². The molecule has 1 aromatic carbocycles. The first-order valence-electron chi connectivity index (χ1n) is 7.82. The standard InChI is InChI=1S/C17H20N2O3/c1-2-22-12-3-4-14-13(5-12)15(8-18-14)19-16(20)11-6-17(7-11)9-21-10-17/h3-5,8,11,18H,2,6-7,9-10H2,1H3,(H,19,20). The third-order valence-electron chi connectivity index (χ3n) is 4.77. The molecule has 22 heavy (non-hydrogen) atoms. The minimum absolute atomic E-state index is 0.111. The summed E-state index contributed by atoms with van der Waals surface area (Å²) in [6.45, 7) is 4.23. The summed E-state index contributed by atoms with van der Waals surface area (Å²) in [5, 5.41) is 4.04. The predicted molar refractivity (Wildman–Crippen MR) is 84.1 cm³/mol. The van der Waals surface area contributed by atoms with Crippen molar-refractivity contribution in [2.75, 3.05) is 25.1 Å². The van der Waals surface area contributed by atoms with Crippen LogP contribution in [0.25, 0.3) is 10.9 Å². The number of ether oxygens (including phenoxy) is 2. The Morgan fingerprint density at radius 1 is 1.45 bits per heavy atom. The molecule has 116 valence electrons. The summed E-state index contributed by atoms with van der Waals surface area (Å²) >= 11 is 0. The maximum absolute atomic E-state index is 12.4. The van der Waals surface area contributed by atoms with Crippen LogP contribution in [-0.2, 0) is 9.53 Å². The van der Waals surface area contributed by atoms with E-state index >= 15 is 0 Å². The van der Waals surface area contributed by atoms with E-state index in [2.05, 4.69) is 10.3 Å². The molecule has 1 aromatic heterocycles. The van der Waals surface area contributed by atoms with Crippen molar-refractivity contribution >= 4 is 22.5 Å². The minimum Gasteiger partial charge on any atom is -0.494 e. The zero-order valence-electron chi connectivity index (χ0n) is 12.6. The number of anilines is 1. The topological polar surface area (TPSA) is 63.3 Å². The largest absolute Gasteiger partial charge is 0.494 e. The van der Waals surface area contributed by atoms with Gasteiger partial charge < -0.3 is 19.8 Å². The fourth-order valence-electron chi connectivity index (χ4n) is 3.49. The number of amides is 1. The Bertz CT molecular complexity index is 710. The first-order chi connectivity index (χ1) is 10.7. The first kappa shape index (κ1) is 13.6. The van der Waals surface area contributed by atoms with Gasteiger partial charge in [-0.1, -0.05) is 0 Å². The van der Waals surface area contributed by atoms with Crippen molar-refractivity contribution in [2.24, 2.45) is 11.3 Å². The molecule has 2 heterocycles. The van der Waals surface area contributed by atoms with Crippen LogP contribution >= 0.6 is 0 Å². The summed E-state index contributed by atoms with van der Waals surface area (Å²) in [5.41, 5.74) is 2.13. The molecule has 1 saturated heterocycles. The maximum atomic E-state index is 12.4. The van der Waals surface area contributed by atoms with Crippen LogP contribution in [0, 0.1) is 11.3 Å². The van der Waals surface area contributed by atoms with Gasteiger partial charge in [0.15, 0.2) is 0 Å². The van der Waals surface area contributed by atoms with E-state index in [9.17, 15) is 4.79 Å². The van der Waals surface area contributed by atoms with E-state index in [0.717, 1.165) is 48.4 Å². The SMILES string of the molecule is CCOc1ccc2[nH]cc(NC(=O)C3CC4(COC4)C3)c2c1. The molecule has 1 saturated carbocycles. The molecule has 0 bridgehead atoms. The van der Waals surface area contributed by atoms with E-state index in [0.29, 0.717) is 12.0 Å². The Morgan fingerprint density at radius 3 is 2.95 bits per heavy atom. The fourth-order valence-corrected chi connectivity index (χ4v) is 3.49. The van der Waals surface area contributed by atoms with Crippen molar-refractivity contribution in [1.82, 2.24) is 4.98 Å². The fraction of sp³-hybridized carbons (Fsp3) is 0.471. The molecule has 0 unspecified atom stereocenters. The van der Waals surface area contributed by atoms with E-state index in [1.807, 2.05) is 31.3 Å². The lowest BCUT2D eigenvalue weighted by Crippen LogP contribution is -2.54. The Hall–Kier alpha value is -2.01. The number of H-pyrrole nitrogens is 1. The van der Waals surface area contributed by atoms with Gasteiger partial charge in [0.1, 0.15) is 5.75 Å². The molecule has 4 rings (SSSR count). The Kier molecular flexibility index (Phi) is 3.11. The number of hydrogen-bond donors (Lipinski definition) is 2. The zero-order chi connectivity index (χ0) is 15.2. The third kappa shape index (κ3) is 2.16. The molecular formula is C17H20N2O3. The van der Waals surface area contributed by atoms with Gasteiger partial charge in [0.25, 0.3) is 0 Å². The van der Waals surface area contributed by atoms with Crippen LogP contribution in [0.3, 0.4) is 0 Å². The summed E-state index contributed by atoms with van der Waals surface area (Å²) in [6.07, 6.45) is 3.75. The van der Waals surface area contributed by atoms with Gasteiger partial charge in [0.2, 0.25) is 5.91 Å². The van der Waals surface area contributed by atoms with Crippen molar-refractivity contribution in [1.29, 1.82) is 0 Å². The van der Waals surface area contributed by atoms with Crippen LogP contribution in [0.1, 0.15) is 19.8 Å². The van der Waals surface area contributed by atoms with Gasteiger partial charge in [0.05, 0.1) is 25.5 Å². The Balaban J connectivity index is 1.49. The molecule has 1 aliphatic heterocycles. The molecule has 1 amide bonds. The summed E-state index contributed by atoms with van der Waals surface area (Å²) < 4.78 is 10.8. The Morgan fingerprint density at radius 2 is 2.27 bits per heavy atom. The second-order valence-electron chi connectivity index (χ2n) is 6.43. The number of nitrogens with one attached hydrogen (secondary N) is 2. The molecule has 1 spiro atoms. The molecule has 0 radical (unpaired) electrons. The normalized spacial score (nSPS) is 19.7. The lowest BCUT2D eigenvalue weighted by Gasteiger charge is -2.52. The van der Waals surface area contributed by atoms with Gasteiger partial charge in [-0.2, -0.15) is 0 Å². The molecule has 1 aliphatic carbocycles. The highest BCUT2D eigenvalue weighted by molar-refractivity contribution is 6.03. The van der Waals surface area contributed by atoms with Gasteiger partial charge in [-0.25, -0.2) is 0 Å². The maximum Gasteiger partial charge on any atom is 0.227 e. The lowest BCUT2D eigenvalue weighted by atomic mass is 9.60. The van der Waals surface area contributed by atoms with Gasteiger partial charge in [-0.15, -0.1) is 0 Å². The van der Waals surface area contributed by atoms with Crippen molar-refractivity contribution < 1.29 is 14.3 Å². The highest BCUT2D eigenvalue weighted by Gasteiger charge is 2.52. The van der Waals surface area contributed by atoms with Crippen LogP contribution in [-0.4, -0.2) is 30.7 Å². The monoisotopic (exact) mass is 300 g/mol. The number of aromatic nitrogens is 1. The van der Waals surface area contributed by atoms with Gasteiger partial charge in [-0.3, -0.25) is 4.79 Å². The van der Waals surface area contributed by atoms with Crippen molar-refractivity contribution in [3.63, 3.8) is 0 Å². The van der Waals surface area contributed by atoms with Crippen molar-refractivity contribution in [2.45, 2.75) is 19.8 Å². The molecule has 2 fully saturated rings. The number of benzene rings is 1. The van der Waals surface area contributed by atoms with Crippen LogP contribution < -0.4 is 10.1 Å². The van der Waals surface area contributed by atoms with Crippen LogP contribution in [0.15, 0.2) is 24.4 Å². The zero-order valence-corrected chi connectivity index (χ0v) is 12.6. The second-order valence-corrected chi connectivity index (χ2v) is 6.43. The quantitative estimate of drug-likeness (QED) is 0.912. The molecular weight excluding hydrogens is 280 g/mol. The summed E-state index contributed by atoms with van der Waals surface area (Å²) in [4.78, 5) is 15.6. The molecule has 5 heteroatoms. The Labute approximate surface area is 129 Å². The summed E-state index contributed by atoms with van der Waals surface area (Å²) in [5.74, 6) is 1.04. The number of rotatable bonds is 4. The van der Waals surface area contributed by atoms with E-state index in [1.54, 1.807) is 0 Å². The smallest absolute Gasteiger partial charge is 0.227 e. The van der Waals surface area contributed by atoms with E-state index in [-0.39, 0.29) is 11.8 Å². The van der Waals surface area contributed by atoms with E-state index in [4.69, 9.17) is 9.47 Å². The predicted octanol–water partition coefficient (Wildman–Crippen LogP) is 2.93. The van der Waals surface area contributed by atoms with E-state index < -0.39 is 0 Å². The minimum atomic E-state index is 0.111. The van der Waals surface area contributed by atoms with Crippen molar-refractivity contribution in [3.8, 4) is 5.75 Å². The van der Waals surface area contributed by atoms with Crippen LogP contribution in [0.4, 0.5) is 5.69 Å². The number of carbonyl (C=O) groups excluding carboxylic acids is 1. The van der Waals surface area contributed by atoms with Gasteiger partial charge >= 0.3 is 0 Å². The molecule has 0 atom stereocenters. The lowest BCUT2D eigenvalue weighted by molar-refractivity contribution is -0.181. The summed E-state index contributed by atoms with van der Waals surface area (Å²) in [6, 6.07) is 5.87. The summed E-state index contributed by atoms with van der Waals surface area (Å²) in [7, 11) is 0. The number of carbonyl (C=O) groups is 1. The average molecular weight is 300 g/mol. The van der Waals surface area contributed by atoms with Crippen molar-refractivity contribution in [3.05, 3.63) is 24.4 Å². The van der Waals surface area contributed by atoms with Crippen LogP contribution in [0.5, 0.6) is 5.75 Å². The number of aromatic amines is 1. The highest BCUT2D eigenvalue weighted by atomic mass is 16.5. The molecule has 2 N–H and O–H groups in total. The highest BCUT2D eigenvalue weighted by Crippen LogP contribution is 2.51. The molecule has 5 nitrogen and oxygen atoms in total. The molecule has 2 aromatic rings. The second kappa shape index (κ2) is 5.02. The van der Waals surface area contributed by atoms with Gasteiger partial charge in [0, 0.05) is 28.4 Å². The molecule has 2 aliphatic rings. The average Bonchev–Trinajstić information content (AvgIpc) is 2.79. The number of hydrogen-bond acceptors (Lipinski definition) is 3.